The third kappa shape index (κ3) is 3.72. The molecule has 0 atom stereocenters. The van der Waals surface area contributed by atoms with Crippen LogP contribution in [-0.2, 0) is 5.88 Å². The molecule has 2 aromatic rings. The van der Waals surface area contributed by atoms with E-state index in [1.807, 2.05) is 24.3 Å². The zero-order valence-electron chi connectivity index (χ0n) is 9.79. The van der Waals surface area contributed by atoms with Gasteiger partial charge in [0.05, 0.1) is 5.56 Å². The number of rotatable bonds is 3. The molecule has 0 unspecified atom stereocenters. The quantitative estimate of drug-likeness (QED) is 0.760. The zero-order valence-corrected chi connectivity index (χ0v) is 12.9. The lowest BCUT2D eigenvalue weighted by Gasteiger charge is -2.08. The molecule has 1 amide bonds. The average Bonchev–Trinajstić information content (AvgIpc) is 2.38. The van der Waals surface area contributed by atoms with E-state index >= 15 is 0 Å². The Kier molecular flexibility index (Phi) is 4.86. The summed E-state index contributed by atoms with van der Waals surface area (Å²) >= 11 is 14.9. The van der Waals surface area contributed by atoms with Crippen LogP contribution in [0.15, 0.2) is 46.9 Å². The first-order valence-corrected chi connectivity index (χ1v) is 7.22. The number of nitrogens with one attached hydrogen (secondary N) is 1. The Morgan fingerprint density at radius 2 is 2.00 bits per heavy atom. The number of halogens is 3. The van der Waals surface area contributed by atoms with Crippen LogP contribution in [0.25, 0.3) is 0 Å². The monoisotopic (exact) mass is 357 g/mol. The van der Waals surface area contributed by atoms with Crippen molar-refractivity contribution in [3.63, 3.8) is 0 Å². The standard InChI is InChI=1S/C14H10BrCl2NO/c15-13-7-10(17)4-5-12(13)14(19)18-11-3-1-2-9(6-11)8-16/h1-7H,8H2,(H,18,19). The highest BCUT2D eigenvalue weighted by Gasteiger charge is 2.10. The van der Waals surface area contributed by atoms with Crippen molar-refractivity contribution >= 4 is 50.7 Å². The Labute approximate surface area is 129 Å². The maximum absolute atomic E-state index is 12.1. The summed E-state index contributed by atoms with van der Waals surface area (Å²) < 4.78 is 0.658. The Bertz CT molecular complexity index is 616. The maximum Gasteiger partial charge on any atom is 0.256 e. The van der Waals surface area contributed by atoms with Crippen LogP contribution in [0.2, 0.25) is 5.02 Å². The summed E-state index contributed by atoms with van der Waals surface area (Å²) in [5.74, 6) is 0.212. The normalized spacial score (nSPS) is 10.3. The van der Waals surface area contributed by atoms with Crippen LogP contribution in [0.3, 0.4) is 0 Å². The molecule has 2 nitrogen and oxygen atoms in total. The number of amides is 1. The Morgan fingerprint density at radius 3 is 2.68 bits per heavy atom. The number of anilines is 1. The molecule has 2 rings (SSSR count). The Hall–Kier alpha value is -1.03. The first kappa shape index (κ1) is 14.4. The summed E-state index contributed by atoms with van der Waals surface area (Å²) in [4.78, 5) is 12.1. The molecule has 0 aliphatic carbocycles. The van der Waals surface area contributed by atoms with Crippen LogP contribution in [-0.4, -0.2) is 5.91 Å². The fourth-order valence-electron chi connectivity index (χ4n) is 1.60. The maximum atomic E-state index is 12.1. The Balaban J connectivity index is 2.20. The SMILES string of the molecule is O=C(Nc1cccc(CCl)c1)c1ccc(Cl)cc1Br. The van der Waals surface area contributed by atoms with Gasteiger partial charge in [-0.05, 0) is 51.8 Å². The zero-order chi connectivity index (χ0) is 13.8. The number of hydrogen-bond donors (Lipinski definition) is 1. The van der Waals surface area contributed by atoms with Crippen molar-refractivity contribution in [3.8, 4) is 0 Å². The molecular weight excluding hydrogens is 349 g/mol. The smallest absolute Gasteiger partial charge is 0.256 e. The number of hydrogen-bond acceptors (Lipinski definition) is 1. The second-order valence-corrected chi connectivity index (χ2v) is 5.47. The van der Waals surface area contributed by atoms with Gasteiger partial charge in [-0.3, -0.25) is 4.79 Å². The average molecular weight is 359 g/mol. The number of benzene rings is 2. The molecule has 5 heteroatoms. The second-order valence-electron chi connectivity index (χ2n) is 3.91. The largest absolute Gasteiger partial charge is 0.322 e. The van der Waals surface area contributed by atoms with Gasteiger partial charge in [0.1, 0.15) is 0 Å². The van der Waals surface area contributed by atoms with Gasteiger partial charge in [-0.2, -0.15) is 0 Å². The van der Waals surface area contributed by atoms with E-state index in [2.05, 4.69) is 21.2 Å². The molecular formula is C14H10BrCl2NO. The van der Waals surface area contributed by atoms with Gasteiger partial charge in [0.25, 0.3) is 5.91 Å². The van der Waals surface area contributed by atoms with Crippen molar-refractivity contribution in [1.29, 1.82) is 0 Å². The molecule has 98 valence electrons. The molecule has 0 saturated heterocycles. The molecule has 0 aliphatic rings. The summed E-state index contributed by atoms with van der Waals surface area (Å²) in [5, 5.41) is 3.40. The van der Waals surface area contributed by atoms with Crippen LogP contribution in [0, 0.1) is 0 Å². The topological polar surface area (TPSA) is 29.1 Å². The lowest BCUT2D eigenvalue weighted by Crippen LogP contribution is -2.12. The number of alkyl halides is 1. The van der Waals surface area contributed by atoms with Crippen molar-refractivity contribution in [3.05, 3.63) is 63.1 Å². The van der Waals surface area contributed by atoms with Gasteiger partial charge in [-0.25, -0.2) is 0 Å². The van der Waals surface area contributed by atoms with Gasteiger partial charge in [0.15, 0.2) is 0 Å². The minimum Gasteiger partial charge on any atom is -0.322 e. The van der Waals surface area contributed by atoms with E-state index in [1.54, 1.807) is 18.2 Å². The highest BCUT2D eigenvalue weighted by atomic mass is 79.9. The van der Waals surface area contributed by atoms with Crippen molar-refractivity contribution in [2.45, 2.75) is 5.88 Å². The summed E-state index contributed by atoms with van der Waals surface area (Å²) in [6, 6.07) is 12.5. The summed E-state index contributed by atoms with van der Waals surface area (Å²) in [6.07, 6.45) is 0. The third-order valence-electron chi connectivity index (χ3n) is 2.51. The molecule has 0 heterocycles. The fraction of sp³-hybridized carbons (Fsp3) is 0.0714. The van der Waals surface area contributed by atoms with Gasteiger partial charge in [0.2, 0.25) is 0 Å². The van der Waals surface area contributed by atoms with Crippen molar-refractivity contribution in [2.75, 3.05) is 5.32 Å². The Morgan fingerprint density at radius 1 is 1.21 bits per heavy atom. The lowest BCUT2D eigenvalue weighted by atomic mass is 10.2. The molecule has 0 aromatic heterocycles. The third-order valence-corrected chi connectivity index (χ3v) is 3.71. The van der Waals surface area contributed by atoms with Crippen molar-refractivity contribution in [2.24, 2.45) is 0 Å². The highest BCUT2D eigenvalue weighted by Crippen LogP contribution is 2.23. The van der Waals surface area contributed by atoms with Crippen LogP contribution >= 0.6 is 39.1 Å². The summed E-state index contributed by atoms with van der Waals surface area (Å²) in [6.45, 7) is 0. The van der Waals surface area contributed by atoms with Crippen LogP contribution in [0.1, 0.15) is 15.9 Å². The van der Waals surface area contributed by atoms with E-state index < -0.39 is 0 Å². The number of carbonyl (C=O) groups is 1. The minimum atomic E-state index is -0.199. The van der Waals surface area contributed by atoms with Crippen LogP contribution in [0.4, 0.5) is 5.69 Å². The predicted octanol–water partition coefficient (Wildman–Crippen LogP) is 5.09. The van der Waals surface area contributed by atoms with Gasteiger partial charge in [0, 0.05) is 21.1 Å². The van der Waals surface area contributed by atoms with Gasteiger partial charge in [-0.1, -0.05) is 23.7 Å². The van der Waals surface area contributed by atoms with Gasteiger partial charge >= 0.3 is 0 Å². The van der Waals surface area contributed by atoms with Crippen molar-refractivity contribution in [1.82, 2.24) is 0 Å². The van der Waals surface area contributed by atoms with E-state index in [0.29, 0.717) is 26.6 Å². The predicted molar refractivity (Wildman–Crippen MR) is 83.1 cm³/mol. The first-order valence-electron chi connectivity index (χ1n) is 5.51. The summed E-state index contributed by atoms with van der Waals surface area (Å²) in [5.41, 5.74) is 2.19. The molecule has 0 spiro atoms. The molecule has 19 heavy (non-hydrogen) atoms. The highest BCUT2D eigenvalue weighted by molar-refractivity contribution is 9.10. The molecule has 0 saturated carbocycles. The summed E-state index contributed by atoms with van der Waals surface area (Å²) in [7, 11) is 0. The molecule has 1 N–H and O–H groups in total. The molecule has 0 fully saturated rings. The van der Waals surface area contributed by atoms with Crippen LogP contribution < -0.4 is 5.32 Å². The molecule has 2 aromatic carbocycles. The van der Waals surface area contributed by atoms with E-state index in [1.165, 1.54) is 0 Å². The molecule has 0 aliphatic heterocycles. The molecule has 0 bridgehead atoms. The second kappa shape index (κ2) is 6.42. The van der Waals surface area contributed by atoms with Crippen LogP contribution in [0.5, 0.6) is 0 Å². The van der Waals surface area contributed by atoms with E-state index in [-0.39, 0.29) is 5.91 Å². The fourth-order valence-corrected chi connectivity index (χ4v) is 2.63. The van der Waals surface area contributed by atoms with E-state index in [4.69, 9.17) is 23.2 Å². The van der Waals surface area contributed by atoms with E-state index in [9.17, 15) is 4.79 Å². The lowest BCUT2D eigenvalue weighted by molar-refractivity contribution is 0.102. The van der Waals surface area contributed by atoms with Gasteiger partial charge in [-0.15, -0.1) is 11.6 Å². The van der Waals surface area contributed by atoms with Gasteiger partial charge < -0.3 is 5.32 Å². The molecule has 0 radical (unpaired) electrons. The number of carbonyl (C=O) groups excluding carboxylic acids is 1. The minimum absolute atomic E-state index is 0.199. The first-order chi connectivity index (χ1) is 9.10. The van der Waals surface area contributed by atoms with Crippen molar-refractivity contribution < 1.29 is 4.79 Å². The van der Waals surface area contributed by atoms with E-state index in [0.717, 1.165) is 5.56 Å².